The van der Waals surface area contributed by atoms with Crippen LogP contribution in [0.4, 0.5) is 15.8 Å². The third kappa shape index (κ3) is 2.74. The molecule has 0 atom stereocenters. The summed E-state index contributed by atoms with van der Waals surface area (Å²) < 4.78 is 41.7. The number of aryl methyl sites for hydroxylation is 2. The summed E-state index contributed by atoms with van der Waals surface area (Å²) in [6.45, 7) is 1.86. The molecule has 0 radical (unpaired) electrons. The van der Waals surface area contributed by atoms with Crippen molar-refractivity contribution in [3.8, 4) is 0 Å². The van der Waals surface area contributed by atoms with Gasteiger partial charge in [0.2, 0.25) is 0 Å². The summed E-state index contributed by atoms with van der Waals surface area (Å²) in [5, 5.41) is 4.13. The van der Waals surface area contributed by atoms with Crippen LogP contribution in [0, 0.1) is 5.82 Å². The van der Waals surface area contributed by atoms with Gasteiger partial charge in [0.1, 0.15) is 5.82 Å². The fourth-order valence-corrected chi connectivity index (χ4v) is 2.84. The summed E-state index contributed by atoms with van der Waals surface area (Å²) >= 11 is 0. The first-order chi connectivity index (χ1) is 9.33. The van der Waals surface area contributed by atoms with Crippen LogP contribution in [0.1, 0.15) is 12.6 Å². The van der Waals surface area contributed by atoms with Gasteiger partial charge < -0.3 is 5.73 Å². The number of hydrogen-bond acceptors (Lipinski definition) is 4. The minimum atomic E-state index is -3.87. The first kappa shape index (κ1) is 14.3. The highest BCUT2D eigenvalue weighted by molar-refractivity contribution is 7.92. The van der Waals surface area contributed by atoms with Crippen LogP contribution in [-0.2, 0) is 23.5 Å². The zero-order chi connectivity index (χ0) is 14.9. The van der Waals surface area contributed by atoms with Gasteiger partial charge in [0, 0.05) is 13.2 Å². The number of rotatable bonds is 4. The molecule has 1 aromatic heterocycles. The van der Waals surface area contributed by atoms with E-state index in [1.807, 2.05) is 6.92 Å². The monoisotopic (exact) mass is 298 g/mol. The first-order valence-corrected chi connectivity index (χ1v) is 7.42. The molecule has 0 aliphatic carbocycles. The Morgan fingerprint density at radius 2 is 2.15 bits per heavy atom. The largest absolute Gasteiger partial charge is 0.396 e. The van der Waals surface area contributed by atoms with Crippen LogP contribution in [0.25, 0.3) is 0 Å². The molecule has 0 spiro atoms. The summed E-state index contributed by atoms with van der Waals surface area (Å²) in [6, 6.07) is 3.36. The topological polar surface area (TPSA) is 90.0 Å². The predicted octanol–water partition coefficient (Wildman–Crippen LogP) is 1.50. The third-order valence-corrected chi connectivity index (χ3v) is 4.13. The fraction of sp³-hybridized carbons (Fsp3) is 0.250. The number of aromatic nitrogens is 2. The molecule has 1 aromatic carbocycles. The normalized spacial score (nSPS) is 11.6. The molecule has 0 bridgehead atoms. The fourth-order valence-electron chi connectivity index (χ4n) is 1.76. The average Bonchev–Trinajstić information content (AvgIpc) is 2.72. The van der Waals surface area contributed by atoms with E-state index >= 15 is 0 Å². The maximum atomic E-state index is 13.4. The maximum absolute atomic E-state index is 13.4. The number of nitrogens with one attached hydrogen (secondary N) is 1. The van der Waals surface area contributed by atoms with Gasteiger partial charge in [-0.1, -0.05) is 6.92 Å². The molecule has 0 unspecified atom stereocenters. The lowest BCUT2D eigenvalue weighted by Gasteiger charge is -2.08. The quantitative estimate of drug-likeness (QED) is 0.837. The van der Waals surface area contributed by atoms with Gasteiger partial charge in [0.05, 0.1) is 22.0 Å². The highest BCUT2D eigenvalue weighted by atomic mass is 32.2. The standard InChI is InChI=1S/C12H15FN4O2S/c1-3-11-12(7-17(2)15-11)16-20(18,19)8-4-5-10(14)9(13)6-8/h4-7,16H,3,14H2,1-2H3. The second kappa shape index (κ2) is 5.12. The molecule has 0 aliphatic rings. The molecule has 0 fully saturated rings. The summed E-state index contributed by atoms with van der Waals surface area (Å²) in [7, 11) is -2.18. The Bertz CT molecular complexity index is 740. The van der Waals surface area contributed by atoms with Crippen LogP contribution >= 0.6 is 0 Å². The van der Waals surface area contributed by atoms with Gasteiger partial charge in [0.25, 0.3) is 10.0 Å². The number of nitrogens with two attached hydrogens (primary N) is 1. The van der Waals surface area contributed by atoms with Crippen molar-refractivity contribution in [2.24, 2.45) is 7.05 Å². The summed E-state index contributed by atoms with van der Waals surface area (Å²) in [6.07, 6.45) is 2.14. The Hall–Kier alpha value is -2.09. The molecule has 108 valence electrons. The minimum absolute atomic E-state index is 0.0976. The highest BCUT2D eigenvalue weighted by Crippen LogP contribution is 2.21. The molecule has 0 aliphatic heterocycles. The van der Waals surface area contributed by atoms with Crippen molar-refractivity contribution in [2.45, 2.75) is 18.2 Å². The highest BCUT2D eigenvalue weighted by Gasteiger charge is 2.18. The van der Waals surface area contributed by atoms with Gasteiger partial charge >= 0.3 is 0 Å². The SMILES string of the molecule is CCc1nn(C)cc1NS(=O)(=O)c1ccc(N)c(F)c1. The second-order valence-corrected chi connectivity index (χ2v) is 5.99. The van der Waals surface area contributed by atoms with E-state index in [9.17, 15) is 12.8 Å². The van der Waals surface area contributed by atoms with E-state index in [0.717, 1.165) is 6.07 Å². The van der Waals surface area contributed by atoms with Crippen LogP contribution in [0.2, 0.25) is 0 Å². The number of halogens is 1. The van der Waals surface area contributed by atoms with Gasteiger partial charge in [0.15, 0.2) is 0 Å². The van der Waals surface area contributed by atoms with E-state index in [2.05, 4.69) is 9.82 Å². The molecule has 8 heteroatoms. The molecular formula is C12H15FN4O2S. The van der Waals surface area contributed by atoms with Crippen LogP contribution in [0.15, 0.2) is 29.3 Å². The third-order valence-electron chi connectivity index (χ3n) is 2.77. The van der Waals surface area contributed by atoms with Crippen molar-refractivity contribution < 1.29 is 12.8 Å². The van der Waals surface area contributed by atoms with Crippen LogP contribution in [-0.4, -0.2) is 18.2 Å². The molecular weight excluding hydrogens is 283 g/mol. The van der Waals surface area contributed by atoms with Gasteiger partial charge in [-0.2, -0.15) is 5.10 Å². The van der Waals surface area contributed by atoms with Crippen LogP contribution in [0.5, 0.6) is 0 Å². The Balaban J connectivity index is 2.37. The second-order valence-electron chi connectivity index (χ2n) is 4.31. The Morgan fingerprint density at radius 3 is 2.75 bits per heavy atom. The molecule has 0 amide bonds. The molecule has 1 heterocycles. The van der Waals surface area contributed by atoms with E-state index in [-0.39, 0.29) is 10.6 Å². The van der Waals surface area contributed by atoms with Gasteiger partial charge in [-0.15, -0.1) is 0 Å². The molecule has 0 saturated heterocycles. The van der Waals surface area contributed by atoms with Gasteiger partial charge in [-0.3, -0.25) is 9.40 Å². The lowest BCUT2D eigenvalue weighted by Crippen LogP contribution is -2.14. The molecule has 6 nitrogen and oxygen atoms in total. The Morgan fingerprint density at radius 1 is 1.45 bits per heavy atom. The van der Waals surface area contributed by atoms with Crippen molar-refractivity contribution in [1.29, 1.82) is 0 Å². The van der Waals surface area contributed by atoms with Gasteiger partial charge in [-0.05, 0) is 24.6 Å². The maximum Gasteiger partial charge on any atom is 0.262 e. The number of hydrogen-bond donors (Lipinski definition) is 2. The Kier molecular flexibility index (Phi) is 3.67. The van der Waals surface area contributed by atoms with E-state index in [1.54, 1.807) is 13.2 Å². The van der Waals surface area contributed by atoms with Crippen molar-refractivity contribution in [1.82, 2.24) is 9.78 Å². The van der Waals surface area contributed by atoms with E-state index in [1.165, 1.54) is 16.8 Å². The minimum Gasteiger partial charge on any atom is -0.396 e. The van der Waals surface area contributed by atoms with Crippen molar-refractivity contribution in [3.05, 3.63) is 35.9 Å². The number of sulfonamides is 1. The van der Waals surface area contributed by atoms with Gasteiger partial charge in [-0.25, -0.2) is 12.8 Å². The predicted molar refractivity (Wildman–Crippen MR) is 74.2 cm³/mol. The van der Waals surface area contributed by atoms with Crippen molar-refractivity contribution in [2.75, 3.05) is 10.5 Å². The van der Waals surface area contributed by atoms with Crippen LogP contribution < -0.4 is 10.5 Å². The average molecular weight is 298 g/mol. The van der Waals surface area contributed by atoms with E-state index in [4.69, 9.17) is 5.73 Å². The number of benzene rings is 1. The summed E-state index contributed by atoms with van der Waals surface area (Å²) in [4.78, 5) is -0.185. The smallest absolute Gasteiger partial charge is 0.262 e. The number of nitrogens with zero attached hydrogens (tertiary/aromatic N) is 2. The molecule has 2 rings (SSSR count). The number of nitrogen functional groups attached to an aromatic ring is 1. The molecule has 2 aromatic rings. The molecule has 20 heavy (non-hydrogen) atoms. The first-order valence-electron chi connectivity index (χ1n) is 5.94. The van der Waals surface area contributed by atoms with E-state index < -0.39 is 15.8 Å². The zero-order valence-electron chi connectivity index (χ0n) is 11.1. The molecule has 3 N–H and O–H groups in total. The number of anilines is 2. The lowest BCUT2D eigenvalue weighted by atomic mass is 10.3. The molecule has 0 saturated carbocycles. The zero-order valence-corrected chi connectivity index (χ0v) is 11.9. The summed E-state index contributed by atoms with van der Waals surface area (Å²) in [5.74, 6) is -0.769. The van der Waals surface area contributed by atoms with Crippen molar-refractivity contribution in [3.63, 3.8) is 0 Å². The Labute approximate surface area is 116 Å². The van der Waals surface area contributed by atoms with Crippen LogP contribution in [0.3, 0.4) is 0 Å². The van der Waals surface area contributed by atoms with E-state index in [0.29, 0.717) is 17.8 Å². The lowest BCUT2D eigenvalue weighted by molar-refractivity contribution is 0.596. The summed E-state index contributed by atoms with van der Waals surface area (Å²) in [5.41, 5.74) is 6.23. The van der Waals surface area contributed by atoms with Crippen molar-refractivity contribution >= 4 is 21.4 Å².